The van der Waals surface area contributed by atoms with Crippen LogP contribution in [0.2, 0.25) is 0 Å². The molecule has 128 valence electrons. The molecule has 1 aromatic carbocycles. The Morgan fingerprint density at radius 1 is 1.04 bits per heavy atom. The molecule has 1 atom stereocenters. The minimum atomic E-state index is -0.185. The molecule has 0 fully saturated rings. The van der Waals surface area contributed by atoms with Crippen LogP contribution in [0.15, 0.2) is 54.9 Å². The number of nitrogens with one attached hydrogen (secondary N) is 1. The molecule has 2 amide bonds. The van der Waals surface area contributed by atoms with Crippen LogP contribution < -0.4 is 5.32 Å². The summed E-state index contributed by atoms with van der Waals surface area (Å²) >= 11 is 0. The molecular formula is C19H26N4O. The van der Waals surface area contributed by atoms with Crippen molar-refractivity contribution in [1.82, 2.24) is 20.1 Å². The summed E-state index contributed by atoms with van der Waals surface area (Å²) in [6.07, 6.45) is 3.50. The smallest absolute Gasteiger partial charge is 0.318 e. The largest absolute Gasteiger partial charge is 0.327 e. The third-order valence-electron chi connectivity index (χ3n) is 3.93. The van der Waals surface area contributed by atoms with E-state index in [2.05, 4.69) is 15.2 Å². The van der Waals surface area contributed by atoms with Crippen LogP contribution in [0.25, 0.3) is 0 Å². The summed E-state index contributed by atoms with van der Waals surface area (Å²) in [5, 5.41) is 3.17. The minimum absolute atomic E-state index is 0.0509. The monoisotopic (exact) mass is 326 g/mol. The highest BCUT2D eigenvalue weighted by Crippen LogP contribution is 2.21. The first kappa shape index (κ1) is 17.9. The zero-order valence-electron chi connectivity index (χ0n) is 14.6. The van der Waals surface area contributed by atoms with Gasteiger partial charge >= 0.3 is 6.03 Å². The normalized spacial score (nSPS) is 12.0. The zero-order valence-corrected chi connectivity index (χ0v) is 14.6. The van der Waals surface area contributed by atoms with Crippen LogP contribution in [0.3, 0.4) is 0 Å². The predicted octanol–water partition coefficient (Wildman–Crippen LogP) is 2.76. The maximum Gasteiger partial charge on any atom is 0.318 e. The van der Waals surface area contributed by atoms with Crippen molar-refractivity contribution in [3.05, 3.63) is 66.0 Å². The molecule has 2 rings (SSSR count). The number of aromatic nitrogens is 1. The molecule has 0 saturated carbocycles. The Labute approximate surface area is 144 Å². The first-order chi connectivity index (χ1) is 11.6. The first-order valence-electron chi connectivity index (χ1n) is 8.27. The fraction of sp³-hybridized carbons (Fsp3) is 0.368. The molecule has 0 aliphatic heterocycles. The topological polar surface area (TPSA) is 48.5 Å². The molecule has 5 heteroatoms. The van der Waals surface area contributed by atoms with E-state index in [4.69, 9.17) is 0 Å². The predicted molar refractivity (Wildman–Crippen MR) is 96.9 cm³/mol. The number of pyridine rings is 1. The van der Waals surface area contributed by atoms with Gasteiger partial charge in [0.15, 0.2) is 0 Å². The molecule has 24 heavy (non-hydrogen) atoms. The Balaban J connectivity index is 2.17. The van der Waals surface area contributed by atoms with Crippen LogP contribution >= 0.6 is 0 Å². The summed E-state index contributed by atoms with van der Waals surface area (Å²) in [6.45, 7) is 4.22. The van der Waals surface area contributed by atoms with E-state index in [1.807, 2.05) is 68.4 Å². The van der Waals surface area contributed by atoms with Gasteiger partial charge in [-0.05, 0) is 44.3 Å². The van der Waals surface area contributed by atoms with Gasteiger partial charge in [-0.25, -0.2) is 4.79 Å². The SMILES string of the molecule is CCN(CCN(C)C)C(=O)N[C@H](c1ccccc1)c1ccncc1. The number of benzene rings is 1. The Morgan fingerprint density at radius 2 is 1.67 bits per heavy atom. The second kappa shape index (κ2) is 9.03. The number of amides is 2. The lowest BCUT2D eigenvalue weighted by Crippen LogP contribution is -2.44. The van der Waals surface area contributed by atoms with E-state index in [0.717, 1.165) is 17.7 Å². The Hall–Kier alpha value is -2.40. The van der Waals surface area contributed by atoms with Crippen LogP contribution in [-0.4, -0.2) is 54.5 Å². The second-order valence-corrected chi connectivity index (χ2v) is 5.96. The average molecular weight is 326 g/mol. The van der Waals surface area contributed by atoms with Crippen molar-refractivity contribution < 1.29 is 4.79 Å². The van der Waals surface area contributed by atoms with Crippen molar-refractivity contribution >= 4 is 6.03 Å². The van der Waals surface area contributed by atoms with E-state index in [1.165, 1.54) is 0 Å². The Morgan fingerprint density at radius 3 is 2.25 bits per heavy atom. The summed E-state index contributed by atoms with van der Waals surface area (Å²) in [5.41, 5.74) is 2.08. The van der Waals surface area contributed by atoms with E-state index >= 15 is 0 Å². The van der Waals surface area contributed by atoms with Gasteiger partial charge in [0, 0.05) is 32.0 Å². The Bertz CT molecular complexity index is 576. The maximum atomic E-state index is 12.7. The molecule has 0 unspecified atom stereocenters. The van der Waals surface area contributed by atoms with Crippen LogP contribution in [-0.2, 0) is 0 Å². The summed E-state index contributed by atoms with van der Waals surface area (Å²) in [4.78, 5) is 20.7. The number of nitrogens with zero attached hydrogens (tertiary/aromatic N) is 3. The molecule has 5 nitrogen and oxygen atoms in total. The van der Waals surface area contributed by atoms with Gasteiger partial charge < -0.3 is 15.1 Å². The lowest BCUT2D eigenvalue weighted by atomic mass is 10.00. The van der Waals surface area contributed by atoms with Crippen molar-refractivity contribution in [2.45, 2.75) is 13.0 Å². The van der Waals surface area contributed by atoms with Crippen LogP contribution in [0.5, 0.6) is 0 Å². The molecule has 0 aliphatic carbocycles. The molecule has 2 aromatic rings. The second-order valence-electron chi connectivity index (χ2n) is 5.96. The molecule has 0 saturated heterocycles. The fourth-order valence-electron chi connectivity index (χ4n) is 2.50. The molecule has 0 radical (unpaired) electrons. The Kier molecular flexibility index (Phi) is 6.75. The van der Waals surface area contributed by atoms with Crippen molar-refractivity contribution in [2.24, 2.45) is 0 Å². The van der Waals surface area contributed by atoms with Gasteiger partial charge in [-0.3, -0.25) is 4.98 Å². The number of hydrogen-bond acceptors (Lipinski definition) is 3. The number of likely N-dealkylation sites (N-methyl/N-ethyl adjacent to an activating group) is 2. The molecular weight excluding hydrogens is 300 g/mol. The number of carbonyl (C=O) groups excluding carboxylic acids is 1. The fourth-order valence-corrected chi connectivity index (χ4v) is 2.50. The molecule has 1 aromatic heterocycles. The highest BCUT2D eigenvalue weighted by Gasteiger charge is 2.20. The average Bonchev–Trinajstić information content (AvgIpc) is 2.61. The van der Waals surface area contributed by atoms with Gasteiger partial charge in [-0.2, -0.15) is 0 Å². The molecule has 0 spiro atoms. The van der Waals surface area contributed by atoms with Crippen LogP contribution in [0.1, 0.15) is 24.1 Å². The van der Waals surface area contributed by atoms with E-state index in [0.29, 0.717) is 13.1 Å². The van der Waals surface area contributed by atoms with Gasteiger partial charge in [-0.15, -0.1) is 0 Å². The third kappa shape index (κ3) is 5.06. The molecule has 1 heterocycles. The lowest BCUT2D eigenvalue weighted by molar-refractivity contribution is 0.192. The molecule has 0 bridgehead atoms. The zero-order chi connectivity index (χ0) is 17.4. The summed E-state index contributed by atoms with van der Waals surface area (Å²) in [7, 11) is 4.02. The van der Waals surface area contributed by atoms with Crippen molar-refractivity contribution in [3.63, 3.8) is 0 Å². The highest BCUT2D eigenvalue weighted by molar-refractivity contribution is 5.75. The number of carbonyl (C=O) groups is 1. The van der Waals surface area contributed by atoms with Crippen LogP contribution in [0.4, 0.5) is 4.79 Å². The summed E-state index contributed by atoms with van der Waals surface area (Å²) < 4.78 is 0. The van der Waals surface area contributed by atoms with Crippen LogP contribution in [0, 0.1) is 0 Å². The van der Waals surface area contributed by atoms with Gasteiger partial charge in [0.2, 0.25) is 0 Å². The third-order valence-corrected chi connectivity index (χ3v) is 3.93. The van der Waals surface area contributed by atoms with Gasteiger partial charge in [0.1, 0.15) is 0 Å². The maximum absolute atomic E-state index is 12.7. The first-order valence-corrected chi connectivity index (χ1v) is 8.27. The molecule has 1 N–H and O–H groups in total. The van der Waals surface area contributed by atoms with Crippen molar-refractivity contribution in [3.8, 4) is 0 Å². The lowest BCUT2D eigenvalue weighted by Gasteiger charge is -2.27. The van der Waals surface area contributed by atoms with E-state index in [9.17, 15) is 4.79 Å². The summed E-state index contributed by atoms with van der Waals surface area (Å²) in [6, 6.07) is 13.6. The summed E-state index contributed by atoms with van der Waals surface area (Å²) in [5.74, 6) is 0. The van der Waals surface area contributed by atoms with E-state index < -0.39 is 0 Å². The number of hydrogen-bond donors (Lipinski definition) is 1. The quantitative estimate of drug-likeness (QED) is 0.851. The van der Waals surface area contributed by atoms with E-state index in [1.54, 1.807) is 12.4 Å². The molecule has 0 aliphatic rings. The highest BCUT2D eigenvalue weighted by atomic mass is 16.2. The number of rotatable bonds is 7. The minimum Gasteiger partial charge on any atom is -0.327 e. The van der Waals surface area contributed by atoms with Crippen molar-refractivity contribution in [1.29, 1.82) is 0 Å². The number of urea groups is 1. The standard InChI is InChI=1S/C19H26N4O/c1-4-23(15-14-22(2)3)19(24)21-18(16-8-6-5-7-9-16)17-10-12-20-13-11-17/h5-13,18H,4,14-15H2,1-3H3,(H,21,24)/t18-/m1/s1. The van der Waals surface area contributed by atoms with Crippen molar-refractivity contribution in [2.75, 3.05) is 33.7 Å². The van der Waals surface area contributed by atoms with Gasteiger partial charge in [0.05, 0.1) is 6.04 Å². The van der Waals surface area contributed by atoms with Gasteiger partial charge in [0.25, 0.3) is 0 Å². The van der Waals surface area contributed by atoms with Gasteiger partial charge in [-0.1, -0.05) is 30.3 Å². The van der Waals surface area contributed by atoms with E-state index in [-0.39, 0.29) is 12.1 Å².